The number of likely N-dealkylation sites (tertiary alicyclic amines) is 2. The molecule has 2 aliphatic heterocycles. The summed E-state index contributed by atoms with van der Waals surface area (Å²) in [5, 5.41) is 11.9. The molecule has 1 aromatic heterocycles. The van der Waals surface area contributed by atoms with Crippen molar-refractivity contribution in [2.45, 2.75) is 39.0 Å². The van der Waals surface area contributed by atoms with Crippen LogP contribution in [0.3, 0.4) is 0 Å². The van der Waals surface area contributed by atoms with Crippen LogP contribution in [0.5, 0.6) is 5.75 Å². The van der Waals surface area contributed by atoms with Gasteiger partial charge in [-0.1, -0.05) is 19.1 Å². The Morgan fingerprint density at radius 1 is 1.19 bits per heavy atom. The van der Waals surface area contributed by atoms with Crippen molar-refractivity contribution < 1.29 is 28.5 Å². The Hall–Kier alpha value is -3.43. The molecule has 1 aromatic carbocycles. The zero-order valence-corrected chi connectivity index (χ0v) is 21.3. The Morgan fingerprint density at radius 3 is 2.57 bits per heavy atom. The Balaban J connectivity index is 1.18. The molecule has 3 atom stereocenters. The van der Waals surface area contributed by atoms with Crippen LogP contribution in [0.2, 0.25) is 0 Å². The van der Waals surface area contributed by atoms with Crippen LogP contribution in [-0.2, 0) is 9.59 Å². The molecule has 1 saturated carbocycles. The average molecular weight is 512 g/mol. The minimum atomic E-state index is -0.564. The van der Waals surface area contributed by atoms with Crippen molar-refractivity contribution in [3.8, 4) is 5.75 Å². The molecule has 3 aliphatic rings. The largest absolute Gasteiger partial charge is 0.493 e. The van der Waals surface area contributed by atoms with Gasteiger partial charge in [-0.3, -0.25) is 24.5 Å². The number of piperidine rings is 1. The van der Waals surface area contributed by atoms with E-state index >= 15 is 0 Å². The van der Waals surface area contributed by atoms with E-state index in [0.717, 1.165) is 24.6 Å². The lowest BCUT2D eigenvalue weighted by atomic mass is 9.77. The summed E-state index contributed by atoms with van der Waals surface area (Å²) < 4.78 is 11.2. The highest BCUT2D eigenvalue weighted by Gasteiger charge is 2.47. The van der Waals surface area contributed by atoms with Crippen LogP contribution in [-0.4, -0.2) is 72.2 Å². The first-order chi connectivity index (χ1) is 17.7. The fraction of sp³-hybridized carbons (Fsp3) is 0.593. The van der Waals surface area contributed by atoms with E-state index in [4.69, 9.17) is 9.15 Å². The van der Waals surface area contributed by atoms with Crippen molar-refractivity contribution in [3.05, 3.63) is 40.1 Å². The molecule has 2 aromatic rings. The molecule has 198 valence electrons. The van der Waals surface area contributed by atoms with E-state index in [1.54, 1.807) is 24.1 Å². The van der Waals surface area contributed by atoms with Gasteiger partial charge in [0.2, 0.25) is 12.5 Å². The number of rotatable bonds is 6. The van der Waals surface area contributed by atoms with Gasteiger partial charge in [0.25, 0.3) is 5.91 Å². The second-order valence-corrected chi connectivity index (χ2v) is 11.0. The third kappa shape index (κ3) is 4.81. The van der Waals surface area contributed by atoms with Crippen LogP contribution < -0.4 is 4.74 Å². The summed E-state index contributed by atoms with van der Waals surface area (Å²) >= 11 is 0. The van der Waals surface area contributed by atoms with Crippen LogP contribution in [0.1, 0.15) is 49.6 Å². The van der Waals surface area contributed by atoms with Gasteiger partial charge in [-0.15, -0.1) is 0 Å². The number of nitrogens with zero attached hydrogens (tertiary/aromatic N) is 3. The van der Waals surface area contributed by atoms with Gasteiger partial charge >= 0.3 is 0 Å². The fourth-order valence-electron chi connectivity index (χ4n) is 6.52. The van der Waals surface area contributed by atoms with E-state index in [2.05, 4.69) is 0 Å². The molecule has 0 bridgehead atoms. The number of nitro groups is 1. The van der Waals surface area contributed by atoms with Gasteiger partial charge < -0.3 is 19.0 Å². The van der Waals surface area contributed by atoms with Crippen molar-refractivity contribution in [2.75, 3.05) is 39.8 Å². The first kappa shape index (κ1) is 25.2. The van der Waals surface area contributed by atoms with Gasteiger partial charge in [0.15, 0.2) is 17.1 Å². The molecule has 10 nitrogen and oxygen atoms in total. The third-order valence-corrected chi connectivity index (χ3v) is 8.78. The molecular formula is C27H33N3O7. The number of carbonyl (C=O) groups excluding carboxylic acids is 3. The quantitative estimate of drug-likeness (QED) is 0.430. The lowest BCUT2D eigenvalue weighted by Gasteiger charge is -2.39. The first-order valence-electron chi connectivity index (χ1n) is 13.0. The molecule has 0 radical (unpaired) electrons. The summed E-state index contributed by atoms with van der Waals surface area (Å²) in [4.78, 5) is 53.1. The van der Waals surface area contributed by atoms with Crippen LogP contribution in [0.4, 0.5) is 0 Å². The second-order valence-electron chi connectivity index (χ2n) is 11.0. The number of furan rings is 1. The maximum absolute atomic E-state index is 13.1. The maximum Gasteiger partial charge on any atom is 0.289 e. The smallest absolute Gasteiger partial charge is 0.289 e. The minimum absolute atomic E-state index is 0.0309. The van der Waals surface area contributed by atoms with E-state index in [1.807, 2.05) is 24.0 Å². The van der Waals surface area contributed by atoms with Gasteiger partial charge in [0.05, 0.1) is 7.11 Å². The van der Waals surface area contributed by atoms with E-state index in [0.29, 0.717) is 49.7 Å². The zero-order chi connectivity index (χ0) is 26.3. The topological polar surface area (TPSA) is 123 Å². The summed E-state index contributed by atoms with van der Waals surface area (Å²) in [7, 11) is 1.57. The van der Waals surface area contributed by atoms with Gasteiger partial charge in [-0.25, -0.2) is 0 Å². The number of para-hydroxylation sites is 1. The number of benzene rings is 1. The first-order valence-corrected chi connectivity index (χ1v) is 13.0. The molecule has 1 spiro atoms. The number of ether oxygens (including phenoxy) is 1. The van der Waals surface area contributed by atoms with Gasteiger partial charge in [0.1, 0.15) is 5.78 Å². The number of fused-ring (bicyclic) bond motifs is 1. The van der Waals surface area contributed by atoms with E-state index in [9.17, 15) is 24.5 Å². The minimum Gasteiger partial charge on any atom is -0.493 e. The summed E-state index contributed by atoms with van der Waals surface area (Å²) in [5.41, 5.74) is 0.513. The molecular weight excluding hydrogens is 478 g/mol. The molecule has 2 saturated heterocycles. The molecule has 10 heteroatoms. The fourth-order valence-corrected chi connectivity index (χ4v) is 6.52. The number of hydrogen-bond donors (Lipinski definition) is 0. The van der Waals surface area contributed by atoms with Gasteiger partial charge in [0, 0.05) is 61.2 Å². The molecule has 3 heterocycles. The number of hydrogen-bond acceptors (Lipinski definition) is 7. The molecule has 5 rings (SSSR count). The van der Waals surface area contributed by atoms with Gasteiger partial charge in [-0.05, 0) is 42.7 Å². The molecule has 0 N–H and O–H groups in total. The zero-order valence-electron chi connectivity index (χ0n) is 21.3. The lowest BCUT2D eigenvalue weighted by Crippen LogP contribution is -2.44. The van der Waals surface area contributed by atoms with Crippen molar-refractivity contribution in [1.29, 1.82) is 0 Å². The summed E-state index contributed by atoms with van der Waals surface area (Å²) in [6.45, 7) is 3.98. The molecule has 3 fully saturated rings. The average Bonchev–Trinajstić information content (AvgIpc) is 3.56. The second kappa shape index (κ2) is 9.79. The van der Waals surface area contributed by atoms with E-state index in [-0.39, 0.29) is 52.7 Å². The highest BCUT2D eigenvalue weighted by atomic mass is 16.6. The van der Waals surface area contributed by atoms with Crippen LogP contribution in [0.15, 0.2) is 28.7 Å². The monoisotopic (exact) mass is 511 g/mol. The van der Waals surface area contributed by atoms with Crippen LogP contribution >= 0.6 is 0 Å². The standard InChI is InChI=1S/C27H33N3O7/c1-17-12-21(31)19(20(17)15-30(34)35)14-24(32)29-11-8-27(16-29)6-9-28(10-7-27)26(33)23-13-18-4-3-5-22(36-2)25(18)37-23/h3-5,13,17,19-20H,6-12,14-16H2,1-2H3. The maximum atomic E-state index is 13.1. The van der Waals surface area contributed by atoms with Crippen LogP contribution in [0.25, 0.3) is 11.0 Å². The van der Waals surface area contributed by atoms with Gasteiger partial charge in [-0.2, -0.15) is 0 Å². The Labute approximate surface area is 215 Å². The SMILES string of the molecule is COc1cccc2cc(C(=O)N3CCC4(CCN(C(=O)CC5C(=O)CC(C)C5C[N+](=O)[O-])C4)CC3)oc12. The predicted octanol–water partition coefficient (Wildman–Crippen LogP) is 3.40. The lowest BCUT2D eigenvalue weighted by molar-refractivity contribution is -0.490. The summed E-state index contributed by atoms with van der Waals surface area (Å²) in [6.07, 6.45) is 2.79. The van der Waals surface area contributed by atoms with Crippen molar-refractivity contribution in [3.63, 3.8) is 0 Å². The normalized spacial score (nSPS) is 25.2. The van der Waals surface area contributed by atoms with Crippen molar-refractivity contribution in [2.24, 2.45) is 23.2 Å². The summed E-state index contributed by atoms with van der Waals surface area (Å²) in [5.74, 6) is -0.410. The highest BCUT2D eigenvalue weighted by Crippen LogP contribution is 2.42. The molecule has 2 amide bonds. The van der Waals surface area contributed by atoms with E-state index in [1.165, 1.54) is 0 Å². The molecule has 37 heavy (non-hydrogen) atoms. The molecule has 3 unspecified atom stereocenters. The van der Waals surface area contributed by atoms with Crippen LogP contribution in [0, 0.1) is 33.3 Å². The Bertz CT molecular complexity index is 1230. The number of ketones is 1. The number of Topliss-reactive ketones (excluding diaryl/α,β-unsaturated/α-hetero) is 1. The Morgan fingerprint density at radius 2 is 1.89 bits per heavy atom. The van der Waals surface area contributed by atoms with Crippen molar-refractivity contribution >= 4 is 28.6 Å². The number of carbonyl (C=O) groups is 3. The Kier molecular flexibility index (Phi) is 6.68. The van der Waals surface area contributed by atoms with E-state index < -0.39 is 5.92 Å². The predicted molar refractivity (Wildman–Crippen MR) is 134 cm³/mol. The van der Waals surface area contributed by atoms with Crippen molar-refractivity contribution in [1.82, 2.24) is 9.80 Å². The molecule has 1 aliphatic carbocycles. The number of methoxy groups -OCH3 is 1. The summed E-state index contributed by atoms with van der Waals surface area (Å²) in [6, 6.07) is 7.28. The number of amides is 2. The highest BCUT2D eigenvalue weighted by molar-refractivity contribution is 5.97. The third-order valence-electron chi connectivity index (χ3n) is 8.78.